The summed E-state index contributed by atoms with van der Waals surface area (Å²) in [5.41, 5.74) is 5.57. The first-order chi connectivity index (χ1) is 16.4. The molecule has 0 fully saturated rings. The summed E-state index contributed by atoms with van der Waals surface area (Å²) in [5.74, 6) is 0.201. The van der Waals surface area contributed by atoms with Gasteiger partial charge in [0.1, 0.15) is 11.6 Å². The number of pyridine rings is 1. The molecule has 6 heteroatoms. The lowest BCUT2D eigenvalue weighted by atomic mass is 10.0. The first kappa shape index (κ1) is 21.4. The third kappa shape index (κ3) is 3.79. The number of carbonyl (C=O) groups excluding carboxylic acids is 2. The van der Waals surface area contributed by atoms with Crippen LogP contribution in [0.4, 0.5) is 17.2 Å². The van der Waals surface area contributed by atoms with Gasteiger partial charge in [-0.3, -0.25) is 9.59 Å². The number of hydrogen-bond acceptors (Lipinski definition) is 5. The van der Waals surface area contributed by atoms with Gasteiger partial charge < -0.3 is 10.1 Å². The third-order valence-electron chi connectivity index (χ3n) is 5.86. The van der Waals surface area contributed by atoms with Crippen molar-refractivity contribution in [2.24, 2.45) is 0 Å². The Bertz CT molecular complexity index is 1390. The molecule has 2 heterocycles. The number of carbonyl (C=O) groups is 2. The summed E-state index contributed by atoms with van der Waals surface area (Å²) >= 11 is 0. The number of nitrogens with one attached hydrogen (secondary N) is 1. The van der Waals surface area contributed by atoms with Crippen molar-refractivity contribution in [3.8, 4) is 17.0 Å². The number of anilines is 3. The van der Waals surface area contributed by atoms with Crippen LogP contribution in [0.5, 0.6) is 5.75 Å². The number of hydrogen-bond donors (Lipinski definition) is 1. The molecule has 168 valence electrons. The fourth-order valence-corrected chi connectivity index (χ4v) is 3.96. The van der Waals surface area contributed by atoms with Crippen molar-refractivity contribution in [1.29, 1.82) is 0 Å². The molecule has 0 saturated carbocycles. The molecule has 0 bridgehead atoms. The molecule has 6 nitrogen and oxygen atoms in total. The number of methoxy groups -OCH3 is 1. The predicted molar refractivity (Wildman–Crippen MR) is 133 cm³/mol. The van der Waals surface area contributed by atoms with E-state index in [9.17, 15) is 9.59 Å². The van der Waals surface area contributed by atoms with Gasteiger partial charge in [-0.25, -0.2) is 9.88 Å². The van der Waals surface area contributed by atoms with Crippen LogP contribution in [0.25, 0.3) is 11.3 Å². The molecule has 1 aliphatic heterocycles. The van der Waals surface area contributed by atoms with Crippen molar-refractivity contribution in [2.45, 2.75) is 13.8 Å². The van der Waals surface area contributed by atoms with E-state index in [-0.39, 0.29) is 11.5 Å². The van der Waals surface area contributed by atoms with Crippen LogP contribution in [0.3, 0.4) is 0 Å². The van der Waals surface area contributed by atoms with Crippen LogP contribution in [0.15, 0.2) is 78.9 Å². The zero-order chi connectivity index (χ0) is 23.8. The van der Waals surface area contributed by atoms with Crippen LogP contribution in [-0.2, 0) is 0 Å². The van der Waals surface area contributed by atoms with E-state index < -0.39 is 5.91 Å². The number of rotatable bonds is 5. The van der Waals surface area contributed by atoms with Crippen LogP contribution in [0, 0.1) is 13.8 Å². The summed E-state index contributed by atoms with van der Waals surface area (Å²) in [7, 11) is 1.57. The van der Waals surface area contributed by atoms with Crippen LogP contribution in [-0.4, -0.2) is 23.9 Å². The standard InChI is InChI=1S/C28H23N3O3/c1-17-4-8-19(9-5-17)24-16-23-25(26(30-24)29-20-10-6-18(2)7-11-20)28(33)31(27(23)32)21-12-14-22(34-3)15-13-21/h4-16H,1-3H3,(H,29,30). The molecule has 0 unspecified atom stereocenters. The van der Waals surface area contributed by atoms with Crippen molar-refractivity contribution < 1.29 is 14.3 Å². The molecule has 0 spiro atoms. The fraction of sp³-hybridized carbons (Fsp3) is 0.107. The lowest BCUT2D eigenvalue weighted by Gasteiger charge is -2.14. The molecular weight excluding hydrogens is 426 g/mol. The number of aryl methyl sites for hydroxylation is 2. The van der Waals surface area contributed by atoms with Crippen molar-refractivity contribution >= 4 is 29.0 Å². The predicted octanol–water partition coefficient (Wildman–Crippen LogP) is 5.92. The molecule has 5 rings (SSSR count). The molecule has 1 N–H and O–H groups in total. The van der Waals surface area contributed by atoms with Gasteiger partial charge in [0.2, 0.25) is 0 Å². The minimum Gasteiger partial charge on any atom is -0.497 e. The molecule has 0 aliphatic carbocycles. The average molecular weight is 450 g/mol. The highest BCUT2D eigenvalue weighted by Crippen LogP contribution is 2.36. The topological polar surface area (TPSA) is 71.5 Å². The number of amides is 2. The molecule has 1 aliphatic rings. The molecule has 1 aromatic heterocycles. The van der Waals surface area contributed by atoms with Crippen molar-refractivity contribution in [2.75, 3.05) is 17.3 Å². The number of aromatic nitrogens is 1. The van der Waals surface area contributed by atoms with Gasteiger partial charge >= 0.3 is 0 Å². The van der Waals surface area contributed by atoms with Gasteiger partial charge in [0, 0.05) is 11.3 Å². The van der Waals surface area contributed by atoms with Crippen molar-refractivity contribution in [1.82, 2.24) is 4.98 Å². The van der Waals surface area contributed by atoms with Crippen molar-refractivity contribution in [3.05, 3.63) is 101 Å². The summed E-state index contributed by atoms with van der Waals surface area (Å²) in [6.45, 7) is 4.02. The fourth-order valence-electron chi connectivity index (χ4n) is 3.96. The Labute approximate surface area is 197 Å². The molecule has 34 heavy (non-hydrogen) atoms. The Morgan fingerprint density at radius 1 is 0.794 bits per heavy atom. The maximum Gasteiger partial charge on any atom is 0.269 e. The second-order valence-corrected chi connectivity index (χ2v) is 8.28. The van der Waals surface area contributed by atoms with E-state index in [0.29, 0.717) is 28.5 Å². The molecule has 2 amide bonds. The molecule has 0 saturated heterocycles. The largest absolute Gasteiger partial charge is 0.497 e. The molecule has 0 atom stereocenters. The van der Waals surface area contributed by atoms with E-state index in [1.165, 1.54) is 4.90 Å². The van der Waals surface area contributed by atoms with E-state index in [0.717, 1.165) is 22.4 Å². The first-order valence-corrected chi connectivity index (χ1v) is 10.9. The maximum atomic E-state index is 13.5. The minimum atomic E-state index is -0.414. The Morgan fingerprint density at radius 3 is 2.03 bits per heavy atom. The van der Waals surface area contributed by atoms with E-state index in [2.05, 4.69) is 5.32 Å². The zero-order valence-corrected chi connectivity index (χ0v) is 19.1. The SMILES string of the molecule is COc1ccc(N2C(=O)c3cc(-c4ccc(C)cc4)nc(Nc4ccc(C)cc4)c3C2=O)cc1. The van der Waals surface area contributed by atoms with Gasteiger partial charge in [-0.2, -0.15) is 0 Å². The zero-order valence-electron chi connectivity index (χ0n) is 19.1. The third-order valence-corrected chi connectivity index (χ3v) is 5.86. The maximum absolute atomic E-state index is 13.5. The lowest BCUT2D eigenvalue weighted by molar-refractivity contribution is 0.0926. The van der Waals surface area contributed by atoms with Gasteiger partial charge in [-0.05, 0) is 56.3 Å². The summed E-state index contributed by atoms with van der Waals surface area (Å²) in [6.07, 6.45) is 0. The van der Waals surface area contributed by atoms with E-state index in [4.69, 9.17) is 9.72 Å². The average Bonchev–Trinajstić information content (AvgIpc) is 3.11. The summed E-state index contributed by atoms with van der Waals surface area (Å²) < 4.78 is 5.21. The normalized spacial score (nSPS) is 12.6. The monoisotopic (exact) mass is 449 g/mol. The summed E-state index contributed by atoms with van der Waals surface area (Å²) in [6, 6.07) is 24.2. The lowest BCUT2D eigenvalue weighted by Crippen LogP contribution is -2.29. The number of imide groups is 1. The number of benzene rings is 3. The number of fused-ring (bicyclic) bond motifs is 1. The van der Waals surface area contributed by atoms with E-state index in [1.54, 1.807) is 37.4 Å². The molecule has 4 aromatic rings. The minimum absolute atomic E-state index is 0.261. The Morgan fingerprint density at radius 2 is 1.41 bits per heavy atom. The summed E-state index contributed by atoms with van der Waals surface area (Å²) in [5, 5.41) is 3.26. The number of nitrogens with zero attached hydrogens (tertiary/aromatic N) is 2. The van der Waals surface area contributed by atoms with Gasteiger partial charge in [0.05, 0.1) is 29.6 Å². The smallest absolute Gasteiger partial charge is 0.269 e. The highest BCUT2D eigenvalue weighted by Gasteiger charge is 2.40. The van der Waals surface area contributed by atoms with E-state index in [1.807, 2.05) is 62.4 Å². The van der Waals surface area contributed by atoms with Crippen LogP contribution >= 0.6 is 0 Å². The Balaban J connectivity index is 1.63. The van der Waals surface area contributed by atoms with Gasteiger partial charge in [-0.1, -0.05) is 47.5 Å². The van der Waals surface area contributed by atoms with Crippen LogP contribution in [0.2, 0.25) is 0 Å². The highest BCUT2D eigenvalue weighted by molar-refractivity contribution is 6.36. The molecule has 0 radical (unpaired) electrons. The van der Waals surface area contributed by atoms with Crippen molar-refractivity contribution in [3.63, 3.8) is 0 Å². The Kier molecular flexibility index (Phi) is 5.34. The molecular formula is C28H23N3O3. The van der Waals surface area contributed by atoms with Crippen LogP contribution in [0.1, 0.15) is 31.8 Å². The first-order valence-electron chi connectivity index (χ1n) is 10.9. The highest BCUT2D eigenvalue weighted by atomic mass is 16.5. The second kappa shape index (κ2) is 8.48. The second-order valence-electron chi connectivity index (χ2n) is 8.28. The molecule has 3 aromatic carbocycles. The van der Waals surface area contributed by atoms with Gasteiger partial charge in [0.15, 0.2) is 0 Å². The van der Waals surface area contributed by atoms with Crippen LogP contribution < -0.4 is 15.0 Å². The Hall–Kier alpha value is -4.45. The van der Waals surface area contributed by atoms with Gasteiger partial charge in [0.25, 0.3) is 11.8 Å². The van der Waals surface area contributed by atoms with Gasteiger partial charge in [-0.15, -0.1) is 0 Å². The number of ether oxygens (including phenoxy) is 1. The van der Waals surface area contributed by atoms with E-state index >= 15 is 0 Å². The quantitative estimate of drug-likeness (QED) is 0.383. The summed E-state index contributed by atoms with van der Waals surface area (Å²) in [4.78, 5) is 32.9.